The molecule has 2 atom stereocenters. The van der Waals surface area contributed by atoms with E-state index in [0.717, 1.165) is 45.4 Å². The van der Waals surface area contributed by atoms with Gasteiger partial charge in [-0.1, -0.05) is 11.6 Å². The van der Waals surface area contributed by atoms with Gasteiger partial charge in [0.1, 0.15) is 17.6 Å². The van der Waals surface area contributed by atoms with Crippen molar-refractivity contribution in [2.45, 2.75) is 31.4 Å². The van der Waals surface area contributed by atoms with Gasteiger partial charge in [-0.2, -0.15) is 5.26 Å². The second-order valence-electron chi connectivity index (χ2n) is 8.16. The number of benzene rings is 1. The molecule has 1 aliphatic heterocycles. The van der Waals surface area contributed by atoms with E-state index in [1.54, 1.807) is 31.5 Å². The fourth-order valence-electron chi connectivity index (χ4n) is 4.05. The second kappa shape index (κ2) is 12.4. The summed E-state index contributed by atoms with van der Waals surface area (Å²) in [7, 11) is 3.15. The normalized spacial score (nSPS) is 18.2. The first kappa shape index (κ1) is 25.6. The van der Waals surface area contributed by atoms with Crippen LogP contribution in [0.25, 0.3) is 0 Å². The van der Waals surface area contributed by atoms with Crippen LogP contribution in [0.4, 0.5) is 11.5 Å². The number of likely N-dealkylation sites (tertiary alicyclic amines) is 1. The molecule has 0 spiro atoms. The van der Waals surface area contributed by atoms with Crippen molar-refractivity contribution in [2.24, 2.45) is 0 Å². The summed E-state index contributed by atoms with van der Waals surface area (Å²) in [6, 6.07) is 8.61. The van der Waals surface area contributed by atoms with E-state index < -0.39 is 0 Å². The second-order valence-corrected chi connectivity index (χ2v) is 8.57. The number of amides is 1. The summed E-state index contributed by atoms with van der Waals surface area (Å²) in [6.45, 7) is 3.26. The molecule has 34 heavy (non-hydrogen) atoms. The number of anilines is 2. The molecule has 1 amide bonds. The first-order chi connectivity index (χ1) is 16.5. The van der Waals surface area contributed by atoms with E-state index in [1.165, 1.54) is 13.2 Å². The van der Waals surface area contributed by atoms with Crippen LogP contribution in [0.1, 0.15) is 35.2 Å². The number of hydrogen-bond acceptors (Lipinski definition) is 8. The van der Waals surface area contributed by atoms with E-state index >= 15 is 0 Å². The number of carbonyl (C=O) groups excluding carboxylic acids is 1. The molecular formula is C24H31ClN6O3. The Hall–Kier alpha value is -3.06. The molecule has 0 saturated carbocycles. The predicted octanol–water partition coefficient (Wildman–Crippen LogP) is 2.91. The maximum absolute atomic E-state index is 12.9. The number of carbonyl (C=O) groups is 1. The lowest BCUT2D eigenvalue weighted by Crippen LogP contribution is -2.54. The molecule has 1 fully saturated rings. The highest BCUT2D eigenvalue weighted by Gasteiger charge is 2.31. The zero-order chi connectivity index (χ0) is 24.5. The number of nitriles is 1. The molecule has 2 heterocycles. The number of ether oxygens (including phenoxy) is 2. The minimum Gasteiger partial charge on any atom is -0.496 e. The smallest absolute Gasteiger partial charge is 0.255 e. The molecular weight excluding hydrogens is 456 g/mol. The molecule has 0 radical (unpaired) electrons. The van der Waals surface area contributed by atoms with Crippen LogP contribution in [0.5, 0.6) is 5.75 Å². The molecule has 0 aliphatic carbocycles. The van der Waals surface area contributed by atoms with Gasteiger partial charge in [-0.25, -0.2) is 4.98 Å². The molecule has 0 unspecified atom stereocenters. The number of halogens is 1. The van der Waals surface area contributed by atoms with Gasteiger partial charge in [0, 0.05) is 39.0 Å². The van der Waals surface area contributed by atoms with Crippen molar-refractivity contribution >= 4 is 29.0 Å². The number of rotatable bonds is 10. The van der Waals surface area contributed by atoms with Gasteiger partial charge in [0.05, 0.1) is 41.1 Å². The van der Waals surface area contributed by atoms with Gasteiger partial charge in [0.2, 0.25) is 0 Å². The summed E-state index contributed by atoms with van der Waals surface area (Å²) < 4.78 is 11.0. The van der Waals surface area contributed by atoms with Crippen LogP contribution in [-0.2, 0) is 4.74 Å². The molecule has 1 aromatic heterocycles. The summed E-state index contributed by atoms with van der Waals surface area (Å²) in [5, 5.41) is 15.7. The maximum atomic E-state index is 12.9. The summed E-state index contributed by atoms with van der Waals surface area (Å²) in [5.41, 5.74) is 7.08. The minimum atomic E-state index is -0.267. The average molecular weight is 487 g/mol. The van der Waals surface area contributed by atoms with Crippen LogP contribution in [0.15, 0.2) is 30.5 Å². The number of aromatic nitrogens is 1. The van der Waals surface area contributed by atoms with Gasteiger partial charge in [-0.05, 0) is 44.0 Å². The number of nitrogen functional groups attached to an aromatic ring is 1. The van der Waals surface area contributed by atoms with E-state index in [2.05, 4.69) is 26.6 Å². The third kappa shape index (κ3) is 6.50. The van der Waals surface area contributed by atoms with Gasteiger partial charge in [0.25, 0.3) is 5.91 Å². The third-order valence-electron chi connectivity index (χ3n) is 5.95. The lowest BCUT2D eigenvalue weighted by molar-refractivity contribution is 0.00606. The van der Waals surface area contributed by atoms with Crippen molar-refractivity contribution in [1.29, 1.82) is 5.26 Å². The van der Waals surface area contributed by atoms with Crippen LogP contribution in [0.2, 0.25) is 5.02 Å². The molecule has 10 heteroatoms. The largest absolute Gasteiger partial charge is 0.496 e. The van der Waals surface area contributed by atoms with Gasteiger partial charge in [-0.15, -0.1) is 0 Å². The Kier molecular flexibility index (Phi) is 9.33. The number of unbranched alkanes of at least 4 members (excludes halogenated alkanes) is 1. The van der Waals surface area contributed by atoms with Gasteiger partial charge in [-0.3, -0.25) is 4.79 Å². The van der Waals surface area contributed by atoms with Crippen LogP contribution < -0.4 is 21.1 Å². The highest BCUT2D eigenvalue weighted by molar-refractivity contribution is 6.33. The van der Waals surface area contributed by atoms with Crippen molar-refractivity contribution in [3.05, 3.63) is 46.6 Å². The zero-order valence-electron chi connectivity index (χ0n) is 19.5. The van der Waals surface area contributed by atoms with E-state index in [0.29, 0.717) is 33.4 Å². The van der Waals surface area contributed by atoms with Gasteiger partial charge >= 0.3 is 0 Å². The van der Waals surface area contributed by atoms with Crippen LogP contribution >= 0.6 is 11.6 Å². The Morgan fingerprint density at radius 2 is 2.21 bits per heavy atom. The fraction of sp³-hybridized carbons (Fsp3) is 0.458. The van der Waals surface area contributed by atoms with Crippen molar-refractivity contribution in [3.63, 3.8) is 0 Å². The van der Waals surface area contributed by atoms with Crippen LogP contribution in [-0.4, -0.2) is 68.3 Å². The van der Waals surface area contributed by atoms with E-state index in [9.17, 15) is 4.79 Å². The molecule has 9 nitrogen and oxygen atoms in total. The van der Waals surface area contributed by atoms with Crippen molar-refractivity contribution in [1.82, 2.24) is 15.2 Å². The number of piperidine rings is 1. The van der Waals surface area contributed by atoms with Gasteiger partial charge in [0.15, 0.2) is 0 Å². The molecule has 0 bridgehead atoms. The Morgan fingerprint density at radius 1 is 1.38 bits per heavy atom. The Labute approximate surface area is 205 Å². The van der Waals surface area contributed by atoms with Crippen molar-refractivity contribution < 1.29 is 14.3 Å². The third-order valence-corrected chi connectivity index (χ3v) is 6.27. The molecule has 1 saturated heterocycles. The summed E-state index contributed by atoms with van der Waals surface area (Å²) in [5.74, 6) is 0.739. The molecule has 3 rings (SSSR count). The Balaban J connectivity index is 1.46. The zero-order valence-corrected chi connectivity index (χ0v) is 20.3. The average Bonchev–Trinajstić information content (AvgIpc) is 2.86. The van der Waals surface area contributed by atoms with Gasteiger partial charge < -0.3 is 30.7 Å². The van der Waals surface area contributed by atoms with Crippen molar-refractivity contribution in [3.8, 4) is 11.8 Å². The minimum absolute atomic E-state index is 0.120. The Bertz CT molecular complexity index is 1030. The SMILES string of the molecule is COc1cc(N)c(Cl)cc1C(=O)N[C@@H]1CCN(CCCCNc2ncccc2C#N)C[C@@H]1OC. The fourth-order valence-corrected chi connectivity index (χ4v) is 4.22. The highest BCUT2D eigenvalue weighted by Crippen LogP contribution is 2.29. The summed E-state index contributed by atoms with van der Waals surface area (Å²) in [6.07, 6.45) is 4.27. The maximum Gasteiger partial charge on any atom is 0.255 e. The number of nitrogens with one attached hydrogen (secondary N) is 2. The lowest BCUT2D eigenvalue weighted by Gasteiger charge is -2.38. The van der Waals surface area contributed by atoms with E-state index in [1.807, 2.05) is 0 Å². The molecule has 1 aromatic carbocycles. The van der Waals surface area contributed by atoms with E-state index in [4.69, 9.17) is 32.1 Å². The van der Waals surface area contributed by atoms with Crippen LogP contribution in [0, 0.1) is 11.3 Å². The molecule has 182 valence electrons. The number of nitrogens with two attached hydrogens (primary N) is 1. The topological polar surface area (TPSA) is 126 Å². The molecule has 4 N–H and O–H groups in total. The first-order valence-electron chi connectivity index (χ1n) is 11.2. The molecule has 2 aromatic rings. The number of nitrogens with zero attached hydrogens (tertiary/aromatic N) is 3. The standard InChI is InChI=1S/C24H31ClN6O3/c1-33-21-13-19(27)18(25)12-17(21)24(32)30-20-7-11-31(15-22(20)34-2)10-4-3-8-28-23-16(14-26)6-5-9-29-23/h5-6,9,12-13,20,22H,3-4,7-8,10-11,15,27H2,1-2H3,(H,28,29)(H,30,32)/t20-,22+/m1/s1. The number of pyridine rings is 1. The quantitative estimate of drug-likeness (QED) is 0.345. The monoisotopic (exact) mass is 486 g/mol. The lowest BCUT2D eigenvalue weighted by atomic mass is 10.0. The molecule has 1 aliphatic rings. The highest BCUT2D eigenvalue weighted by atomic mass is 35.5. The summed E-state index contributed by atoms with van der Waals surface area (Å²) >= 11 is 6.11. The number of hydrogen-bond donors (Lipinski definition) is 3. The van der Waals surface area contributed by atoms with Crippen molar-refractivity contribution in [2.75, 3.05) is 51.4 Å². The number of methoxy groups -OCH3 is 2. The first-order valence-corrected chi connectivity index (χ1v) is 11.6. The van der Waals surface area contributed by atoms with Crippen LogP contribution in [0.3, 0.4) is 0 Å². The Morgan fingerprint density at radius 3 is 2.94 bits per heavy atom. The predicted molar refractivity (Wildman–Crippen MR) is 132 cm³/mol. The van der Waals surface area contributed by atoms with E-state index in [-0.39, 0.29) is 18.1 Å². The summed E-state index contributed by atoms with van der Waals surface area (Å²) in [4.78, 5) is 19.5.